The summed E-state index contributed by atoms with van der Waals surface area (Å²) in [7, 11) is 1.57. The first-order valence-electron chi connectivity index (χ1n) is 12.8. The number of hydrogen-bond donors (Lipinski definition) is 2. The van der Waals surface area contributed by atoms with E-state index in [-0.39, 0.29) is 46.6 Å². The summed E-state index contributed by atoms with van der Waals surface area (Å²) in [5.74, 6) is -3.46. The Bertz CT molecular complexity index is 1720. The number of methoxy groups -OCH3 is 1. The third kappa shape index (κ3) is 5.56. The lowest BCUT2D eigenvalue weighted by molar-refractivity contribution is 0.0524. The number of anilines is 1. The minimum Gasteiger partial charge on any atom is -0.497 e. The molecule has 0 unspecified atom stereocenters. The molecule has 0 spiro atoms. The molecule has 0 aliphatic heterocycles. The van der Waals surface area contributed by atoms with Crippen LogP contribution >= 0.6 is 15.9 Å². The van der Waals surface area contributed by atoms with E-state index in [1.807, 2.05) is 19.1 Å². The highest BCUT2D eigenvalue weighted by molar-refractivity contribution is 9.10. The number of aryl methyl sites for hydroxylation is 2. The zero-order valence-electron chi connectivity index (χ0n) is 22.8. The highest BCUT2D eigenvalue weighted by Gasteiger charge is 2.26. The van der Waals surface area contributed by atoms with Crippen LogP contribution in [-0.2, 0) is 24.3 Å². The first-order valence-corrected chi connectivity index (χ1v) is 13.6. The van der Waals surface area contributed by atoms with Gasteiger partial charge in [0.15, 0.2) is 11.6 Å². The number of esters is 1. The number of benzene rings is 3. The van der Waals surface area contributed by atoms with E-state index in [0.717, 1.165) is 23.4 Å². The number of aromatic nitrogens is 1. The molecule has 3 aromatic carbocycles. The summed E-state index contributed by atoms with van der Waals surface area (Å²) in [6.07, 6.45) is 1.84. The Morgan fingerprint density at radius 3 is 2.44 bits per heavy atom. The Morgan fingerprint density at radius 2 is 1.80 bits per heavy atom. The average Bonchev–Trinajstić information content (AvgIpc) is 2.97. The molecular formula is C30H28BrF3N2O5. The first kappa shape index (κ1) is 30.1. The van der Waals surface area contributed by atoms with Gasteiger partial charge >= 0.3 is 5.97 Å². The summed E-state index contributed by atoms with van der Waals surface area (Å²) >= 11 is 2.97. The quantitative estimate of drug-likeness (QED) is 0.166. The molecule has 11 heteroatoms. The highest BCUT2D eigenvalue weighted by Crippen LogP contribution is 2.34. The van der Waals surface area contributed by atoms with Crippen LogP contribution in [0.1, 0.15) is 46.5 Å². The van der Waals surface area contributed by atoms with Gasteiger partial charge in [-0.1, -0.05) is 13.0 Å². The van der Waals surface area contributed by atoms with Gasteiger partial charge in [-0.25, -0.2) is 18.0 Å². The smallest absolute Gasteiger partial charge is 0.343 e. The molecule has 41 heavy (non-hydrogen) atoms. The largest absolute Gasteiger partial charge is 0.497 e. The lowest BCUT2D eigenvalue weighted by atomic mass is 10.0. The summed E-state index contributed by atoms with van der Waals surface area (Å²) in [4.78, 5) is 26.1. The maximum absolute atomic E-state index is 15.2. The standard InChI is InChI=1S/C30H28BrF3N2O5/c1-5-16-9-19(40-4)8-7-17(16)12-35-22-11-23(18(14-37)10-21(22)32)36-13-20(30(39)41-6-2)29(38)24-25(31)27(34)26(33)15(3)28(24)36/h7-11,13,35,37H,5-6,12,14H2,1-4H3. The zero-order chi connectivity index (χ0) is 30.0. The van der Waals surface area contributed by atoms with Crippen molar-refractivity contribution in [1.29, 1.82) is 0 Å². The van der Waals surface area contributed by atoms with E-state index in [2.05, 4.69) is 21.2 Å². The Balaban J connectivity index is 1.96. The average molecular weight is 633 g/mol. The van der Waals surface area contributed by atoms with Crippen LogP contribution in [0.25, 0.3) is 16.6 Å². The molecule has 0 saturated carbocycles. The van der Waals surface area contributed by atoms with Gasteiger partial charge in [0, 0.05) is 23.9 Å². The minimum atomic E-state index is -1.30. The summed E-state index contributed by atoms with van der Waals surface area (Å²) < 4.78 is 56.1. The van der Waals surface area contributed by atoms with Gasteiger partial charge in [-0.05, 0) is 71.6 Å². The molecule has 4 rings (SSSR count). The number of nitrogens with zero attached hydrogens (tertiary/aromatic N) is 1. The molecule has 0 aliphatic rings. The Morgan fingerprint density at radius 1 is 1.07 bits per heavy atom. The highest BCUT2D eigenvalue weighted by atomic mass is 79.9. The monoisotopic (exact) mass is 632 g/mol. The van der Waals surface area contributed by atoms with Crippen LogP contribution in [0.2, 0.25) is 0 Å². The van der Waals surface area contributed by atoms with E-state index in [1.54, 1.807) is 20.1 Å². The van der Waals surface area contributed by atoms with E-state index in [1.165, 1.54) is 17.6 Å². The number of aliphatic hydroxyl groups excluding tert-OH is 1. The van der Waals surface area contributed by atoms with E-state index >= 15 is 4.39 Å². The van der Waals surface area contributed by atoms with E-state index < -0.39 is 45.5 Å². The van der Waals surface area contributed by atoms with Crippen molar-refractivity contribution < 1.29 is 32.5 Å². The van der Waals surface area contributed by atoms with Gasteiger partial charge in [-0.3, -0.25) is 4.79 Å². The summed E-state index contributed by atoms with van der Waals surface area (Å²) in [5.41, 5.74) is 0.541. The van der Waals surface area contributed by atoms with Crippen LogP contribution in [0.5, 0.6) is 5.75 Å². The number of ether oxygens (including phenoxy) is 2. The van der Waals surface area contributed by atoms with Gasteiger partial charge in [-0.15, -0.1) is 0 Å². The van der Waals surface area contributed by atoms with Crippen LogP contribution in [0.3, 0.4) is 0 Å². The molecule has 1 heterocycles. The summed E-state index contributed by atoms with van der Waals surface area (Å²) in [6.45, 7) is 4.40. The van der Waals surface area contributed by atoms with Crippen molar-refractivity contribution in [1.82, 2.24) is 4.57 Å². The number of carbonyl (C=O) groups is 1. The third-order valence-electron chi connectivity index (χ3n) is 6.85. The molecule has 1 aromatic heterocycles. The number of hydrogen-bond acceptors (Lipinski definition) is 6. The van der Waals surface area contributed by atoms with Crippen molar-refractivity contribution in [2.24, 2.45) is 0 Å². The van der Waals surface area contributed by atoms with Gasteiger partial charge in [-0.2, -0.15) is 0 Å². The van der Waals surface area contributed by atoms with Crippen molar-refractivity contribution in [3.8, 4) is 11.4 Å². The number of halogens is 4. The Kier molecular flexibility index (Phi) is 9.08. The van der Waals surface area contributed by atoms with Crippen LogP contribution in [0.4, 0.5) is 18.9 Å². The predicted molar refractivity (Wildman–Crippen MR) is 153 cm³/mol. The minimum absolute atomic E-state index is 0.0358. The number of nitrogens with one attached hydrogen (secondary N) is 1. The van der Waals surface area contributed by atoms with Gasteiger partial charge in [0.05, 0.1) is 47.1 Å². The van der Waals surface area contributed by atoms with Crippen LogP contribution in [-0.4, -0.2) is 29.4 Å². The zero-order valence-corrected chi connectivity index (χ0v) is 24.4. The molecular weight excluding hydrogens is 605 g/mol. The summed E-state index contributed by atoms with van der Waals surface area (Å²) in [6, 6.07) is 8.04. The molecule has 0 aliphatic carbocycles. The Hall–Kier alpha value is -3.83. The molecule has 216 valence electrons. The number of carbonyl (C=O) groups excluding carboxylic acids is 1. The third-order valence-corrected chi connectivity index (χ3v) is 7.60. The first-order chi connectivity index (χ1) is 19.6. The fourth-order valence-corrected chi connectivity index (χ4v) is 5.26. The second kappa shape index (κ2) is 12.4. The molecule has 0 saturated heterocycles. The maximum Gasteiger partial charge on any atom is 0.343 e. The van der Waals surface area contributed by atoms with Crippen molar-refractivity contribution in [2.75, 3.05) is 19.0 Å². The molecule has 0 bridgehead atoms. The van der Waals surface area contributed by atoms with Crippen molar-refractivity contribution >= 4 is 38.5 Å². The van der Waals surface area contributed by atoms with E-state index in [9.17, 15) is 23.5 Å². The van der Waals surface area contributed by atoms with E-state index in [0.29, 0.717) is 12.2 Å². The van der Waals surface area contributed by atoms with Crippen molar-refractivity contribution in [2.45, 2.75) is 40.3 Å². The Labute approximate surface area is 242 Å². The molecule has 0 atom stereocenters. The number of aliphatic hydroxyl groups is 1. The summed E-state index contributed by atoms with van der Waals surface area (Å²) in [5, 5.41) is 12.9. The number of fused-ring (bicyclic) bond motifs is 1. The number of rotatable bonds is 9. The van der Waals surface area contributed by atoms with E-state index in [4.69, 9.17) is 9.47 Å². The molecule has 0 radical (unpaired) electrons. The SMILES string of the molecule is CCOC(=O)c1cn(-c2cc(NCc3ccc(OC)cc3CC)c(F)cc2CO)c2c(C)c(F)c(F)c(Br)c2c1=O. The van der Waals surface area contributed by atoms with Crippen LogP contribution in [0.15, 0.2) is 45.8 Å². The predicted octanol–water partition coefficient (Wildman–Crippen LogP) is 6.33. The fraction of sp³-hybridized carbons (Fsp3) is 0.267. The molecule has 2 N–H and O–H groups in total. The van der Waals surface area contributed by atoms with Gasteiger partial charge < -0.3 is 24.5 Å². The topological polar surface area (TPSA) is 89.8 Å². The van der Waals surface area contributed by atoms with Crippen LogP contribution in [0, 0.1) is 24.4 Å². The van der Waals surface area contributed by atoms with Gasteiger partial charge in [0.1, 0.15) is 17.1 Å². The fourth-order valence-electron chi connectivity index (χ4n) is 4.72. The molecule has 4 aromatic rings. The molecule has 7 nitrogen and oxygen atoms in total. The molecule has 0 amide bonds. The van der Waals surface area contributed by atoms with Crippen molar-refractivity contribution in [3.05, 3.63) is 96.5 Å². The van der Waals surface area contributed by atoms with Crippen LogP contribution < -0.4 is 15.5 Å². The second-order valence-electron chi connectivity index (χ2n) is 9.21. The lowest BCUT2D eigenvalue weighted by Gasteiger charge is -2.21. The maximum atomic E-state index is 15.2. The van der Waals surface area contributed by atoms with Gasteiger partial charge in [0.2, 0.25) is 5.43 Å². The van der Waals surface area contributed by atoms with Crippen molar-refractivity contribution in [3.63, 3.8) is 0 Å². The number of pyridine rings is 1. The normalized spacial score (nSPS) is 11.1. The second-order valence-corrected chi connectivity index (χ2v) is 10.0. The van der Waals surface area contributed by atoms with Gasteiger partial charge in [0.25, 0.3) is 0 Å². The molecule has 0 fully saturated rings. The lowest BCUT2D eigenvalue weighted by Crippen LogP contribution is -2.22.